The van der Waals surface area contributed by atoms with Crippen LogP contribution in [0.3, 0.4) is 0 Å². The summed E-state index contributed by atoms with van der Waals surface area (Å²) in [5, 5.41) is 6.18. The number of hydrogen-bond acceptors (Lipinski definition) is 2. The molecule has 1 atom stereocenters. The highest BCUT2D eigenvalue weighted by Crippen LogP contribution is 2.42. The van der Waals surface area contributed by atoms with Crippen molar-refractivity contribution in [3.8, 4) is 0 Å². The van der Waals surface area contributed by atoms with E-state index in [1.165, 1.54) is 6.42 Å². The standard InChI is InChI=1S/C28H32Cl3N3S/c1-18-8-12-21(17-22(18)30)34-26(35)33-25(28(34)14-6-5-7-15-28)32-24(27(2,3)4)13-10-19-9-11-20(29)16-23(19)31/h8-13,16-17,24H,5-7,14-15H2,1-4H3,(H,32,33,35)/b13-10-/t24-/m1/s1. The van der Waals surface area contributed by atoms with Gasteiger partial charge < -0.3 is 10.2 Å². The first-order valence-electron chi connectivity index (χ1n) is 12.1. The number of thiocarbonyl (C=S) groups is 1. The van der Waals surface area contributed by atoms with Crippen molar-refractivity contribution in [2.45, 2.75) is 71.4 Å². The third-order valence-electron chi connectivity index (χ3n) is 6.97. The SMILES string of the molecule is Cc1ccc(N2C(=S)NC(=N[C@H](/C=C\c3ccc(Cl)cc3Cl)C(C)(C)C)C23CCCCC3)cc1Cl. The summed E-state index contributed by atoms with van der Waals surface area (Å²) in [4.78, 5) is 7.59. The first-order chi connectivity index (χ1) is 16.5. The maximum Gasteiger partial charge on any atom is 0.179 e. The molecule has 2 fully saturated rings. The van der Waals surface area contributed by atoms with E-state index < -0.39 is 0 Å². The summed E-state index contributed by atoms with van der Waals surface area (Å²) in [5.74, 6) is 0.950. The first kappa shape index (κ1) is 26.5. The molecule has 1 aliphatic carbocycles. The van der Waals surface area contributed by atoms with Crippen LogP contribution < -0.4 is 10.2 Å². The highest BCUT2D eigenvalue weighted by Gasteiger charge is 2.50. The molecule has 0 radical (unpaired) electrons. The average Bonchev–Trinajstić information content (AvgIpc) is 3.04. The van der Waals surface area contributed by atoms with Gasteiger partial charge in [0.05, 0.1) is 6.04 Å². The number of aliphatic imine (C=N–C) groups is 1. The van der Waals surface area contributed by atoms with Crippen LogP contribution in [0.4, 0.5) is 5.69 Å². The Hall–Kier alpha value is -1.59. The molecule has 0 bridgehead atoms. The fourth-order valence-electron chi connectivity index (χ4n) is 4.90. The molecule has 1 N–H and O–H groups in total. The predicted molar refractivity (Wildman–Crippen MR) is 156 cm³/mol. The number of rotatable bonds is 4. The zero-order chi connectivity index (χ0) is 25.4. The van der Waals surface area contributed by atoms with Gasteiger partial charge in [-0.05, 0) is 72.8 Å². The zero-order valence-corrected chi connectivity index (χ0v) is 23.8. The second-order valence-corrected chi connectivity index (χ2v) is 12.2. The van der Waals surface area contributed by atoms with Crippen LogP contribution in [0.5, 0.6) is 0 Å². The van der Waals surface area contributed by atoms with E-state index in [1.807, 2.05) is 31.2 Å². The Labute approximate surface area is 229 Å². The van der Waals surface area contributed by atoms with Gasteiger partial charge >= 0.3 is 0 Å². The van der Waals surface area contributed by atoms with E-state index in [1.54, 1.807) is 6.07 Å². The highest BCUT2D eigenvalue weighted by atomic mass is 35.5. The molecule has 2 aromatic carbocycles. The Balaban J connectivity index is 1.76. The number of nitrogens with one attached hydrogen (secondary N) is 1. The molecular formula is C28H32Cl3N3S. The van der Waals surface area contributed by atoms with Crippen LogP contribution in [0.2, 0.25) is 15.1 Å². The van der Waals surface area contributed by atoms with E-state index >= 15 is 0 Å². The van der Waals surface area contributed by atoms with Gasteiger partial charge in [-0.1, -0.05) is 99.1 Å². The van der Waals surface area contributed by atoms with E-state index in [9.17, 15) is 0 Å². The molecule has 1 spiro atoms. The number of aryl methyl sites for hydroxylation is 1. The van der Waals surface area contributed by atoms with Crippen molar-refractivity contribution in [2.75, 3.05) is 4.90 Å². The number of nitrogens with zero attached hydrogens (tertiary/aromatic N) is 2. The topological polar surface area (TPSA) is 27.6 Å². The minimum Gasteiger partial charge on any atom is -0.319 e. The van der Waals surface area contributed by atoms with Gasteiger partial charge in [-0.15, -0.1) is 0 Å². The van der Waals surface area contributed by atoms with E-state index in [2.05, 4.69) is 49.2 Å². The summed E-state index contributed by atoms with van der Waals surface area (Å²) >= 11 is 24.9. The lowest BCUT2D eigenvalue weighted by Gasteiger charge is -2.41. The predicted octanol–water partition coefficient (Wildman–Crippen LogP) is 8.88. The maximum absolute atomic E-state index is 6.52. The smallest absolute Gasteiger partial charge is 0.179 e. The lowest BCUT2D eigenvalue weighted by Crippen LogP contribution is -2.51. The number of hydrogen-bond donors (Lipinski definition) is 1. The van der Waals surface area contributed by atoms with Crippen molar-refractivity contribution >= 4 is 69.7 Å². The molecular weight excluding hydrogens is 517 g/mol. The quantitative estimate of drug-likeness (QED) is 0.387. The molecule has 0 amide bonds. The molecule has 4 rings (SSSR count). The Morgan fingerprint density at radius 3 is 2.37 bits per heavy atom. The van der Waals surface area contributed by atoms with Crippen molar-refractivity contribution in [1.29, 1.82) is 0 Å². The molecule has 3 nitrogen and oxygen atoms in total. The Bertz CT molecular complexity index is 1180. The lowest BCUT2D eigenvalue weighted by molar-refractivity contribution is 0.357. The molecule has 1 saturated heterocycles. The molecule has 1 saturated carbocycles. The van der Waals surface area contributed by atoms with Gasteiger partial charge in [0.25, 0.3) is 0 Å². The van der Waals surface area contributed by atoms with E-state index in [-0.39, 0.29) is 17.0 Å². The van der Waals surface area contributed by atoms with Gasteiger partial charge in [-0.3, -0.25) is 4.99 Å². The van der Waals surface area contributed by atoms with Crippen LogP contribution in [0.25, 0.3) is 6.08 Å². The summed E-state index contributed by atoms with van der Waals surface area (Å²) in [7, 11) is 0. The number of amidine groups is 1. The summed E-state index contributed by atoms with van der Waals surface area (Å²) in [6, 6.07) is 11.7. The van der Waals surface area contributed by atoms with Crippen LogP contribution in [0.15, 0.2) is 47.5 Å². The van der Waals surface area contributed by atoms with Gasteiger partial charge in [0.15, 0.2) is 5.11 Å². The summed E-state index contributed by atoms with van der Waals surface area (Å²) in [6.07, 6.45) is 9.65. The van der Waals surface area contributed by atoms with Crippen LogP contribution in [0, 0.1) is 12.3 Å². The van der Waals surface area contributed by atoms with E-state index in [0.29, 0.717) is 15.2 Å². The highest BCUT2D eigenvalue weighted by molar-refractivity contribution is 7.80. The molecule has 7 heteroatoms. The van der Waals surface area contributed by atoms with Crippen molar-refractivity contribution in [3.63, 3.8) is 0 Å². The Morgan fingerprint density at radius 2 is 1.74 bits per heavy atom. The van der Waals surface area contributed by atoms with Crippen LogP contribution in [0.1, 0.15) is 64.0 Å². The molecule has 0 unspecified atom stereocenters. The second-order valence-electron chi connectivity index (χ2n) is 10.6. The van der Waals surface area contributed by atoms with E-state index in [0.717, 1.165) is 53.4 Å². The van der Waals surface area contributed by atoms with Crippen molar-refractivity contribution < 1.29 is 0 Å². The summed E-state index contributed by atoms with van der Waals surface area (Å²) in [6.45, 7) is 8.62. The average molecular weight is 549 g/mol. The summed E-state index contributed by atoms with van der Waals surface area (Å²) in [5.41, 5.74) is 2.59. The minimum absolute atomic E-state index is 0.0834. The molecule has 2 aliphatic rings. The largest absolute Gasteiger partial charge is 0.319 e. The maximum atomic E-state index is 6.52. The molecule has 1 heterocycles. The van der Waals surface area contributed by atoms with Gasteiger partial charge in [-0.25, -0.2) is 0 Å². The number of anilines is 1. The van der Waals surface area contributed by atoms with Crippen LogP contribution >= 0.6 is 47.0 Å². The van der Waals surface area contributed by atoms with Gasteiger partial charge in [-0.2, -0.15) is 0 Å². The third-order valence-corrected chi connectivity index (χ3v) is 8.22. The molecule has 2 aromatic rings. The molecule has 35 heavy (non-hydrogen) atoms. The third kappa shape index (κ3) is 5.56. The lowest BCUT2D eigenvalue weighted by atomic mass is 9.79. The van der Waals surface area contributed by atoms with Crippen molar-refractivity contribution in [1.82, 2.24) is 5.32 Å². The Kier molecular flexibility index (Phi) is 7.88. The fraction of sp³-hybridized carbons (Fsp3) is 0.429. The van der Waals surface area contributed by atoms with Gasteiger partial charge in [0.2, 0.25) is 0 Å². The van der Waals surface area contributed by atoms with Gasteiger partial charge in [0, 0.05) is 20.8 Å². The van der Waals surface area contributed by atoms with Crippen LogP contribution in [-0.2, 0) is 0 Å². The zero-order valence-electron chi connectivity index (χ0n) is 20.7. The molecule has 0 aromatic heterocycles. The first-order valence-corrected chi connectivity index (χ1v) is 13.6. The fourth-order valence-corrected chi connectivity index (χ4v) is 5.93. The minimum atomic E-state index is -0.289. The second kappa shape index (κ2) is 10.4. The van der Waals surface area contributed by atoms with Crippen molar-refractivity contribution in [2.24, 2.45) is 10.4 Å². The van der Waals surface area contributed by atoms with Gasteiger partial charge in [0.1, 0.15) is 11.4 Å². The van der Waals surface area contributed by atoms with E-state index in [4.69, 9.17) is 52.0 Å². The number of benzene rings is 2. The van der Waals surface area contributed by atoms with Crippen LogP contribution in [-0.4, -0.2) is 22.5 Å². The summed E-state index contributed by atoms with van der Waals surface area (Å²) < 4.78 is 0. The molecule has 186 valence electrons. The number of halogens is 3. The monoisotopic (exact) mass is 547 g/mol. The molecule has 1 aliphatic heterocycles. The van der Waals surface area contributed by atoms with Crippen molar-refractivity contribution in [3.05, 3.63) is 68.7 Å². The normalized spacial score (nSPS) is 20.1. The Morgan fingerprint density at radius 1 is 1.03 bits per heavy atom.